The molecule has 1 aromatic carbocycles. The molecule has 1 aliphatic rings. The average Bonchev–Trinajstić information content (AvgIpc) is 2.60. The number of nitrogens with zero attached hydrogens (tertiary/aromatic N) is 3. The van der Waals surface area contributed by atoms with Gasteiger partial charge in [0.2, 0.25) is 0 Å². The quantitative estimate of drug-likeness (QED) is 0.764. The number of aromatic nitrogens is 2. The third-order valence-corrected chi connectivity index (χ3v) is 4.70. The van der Waals surface area contributed by atoms with Crippen LogP contribution in [0.2, 0.25) is 0 Å². The number of rotatable bonds is 5. The monoisotopic (exact) mass is 344 g/mol. The third kappa shape index (κ3) is 3.82. The summed E-state index contributed by atoms with van der Waals surface area (Å²) in [5.74, 6) is 0.637. The van der Waals surface area contributed by atoms with Gasteiger partial charge in [-0.15, -0.1) is 0 Å². The maximum atomic E-state index is 11.1. The maximum Gasteiger partial charge on any atom is 0.337 e. The van der Waals surface area contributed by atoms with Crippen LogP contribution in [0.15, 0.2) is 24.3 Å². The van der Waals surface area contributed by atoms with Gasteiger partial charge in [0.15, 0.2) is 17.2 Å². The predicted octanol–water partition coefficient (Wildman–Crippen LogP) is 2.11. The second-order valence-corrected chi connectivity index (χ2v) is 6.99. The molecule has 0 saturated carbocycles. The Kier molecular flexibility index (Phi) is 4.76. The van der Waals surface area contributed by atoms with Crippen LogP contribution in [0, 0.1) is 5.92 Å². The van der Waals surface area contributed by atoms with Crippen molar-refractivity contribution in [3.05, 3.63) is 24.3 Å². The summed E-state index contributed by atoms with van der Waals surface area (Å²) in [6.45, 7) is 5.13. The molecule has 3 rings (SSSR count). The van der Waals surface area contributed by atoms with Crippen molar-refractivity contribution >= 4 is 28.6 Å². The Morgan fingerprint density at radius 2 is 1.88 bits per heavy atom. The second-order valence-electron chi connectivity index (χ2n) is 6.99. The molecule has 1 fully saturated rings. The summed E-state index contributed by atoms with van der Waals surface area (Å²) in [5, 5.41) is 22.1. The number of anilines is 2. The Morgan fingerprint density at radius 3 is 2.48 bits per heavy atom. The molecule has 7 heteroatoms. The zero-order valence-corrected chi connectivity index (χ0v) is 14.6. The smallest absolute Gasteiger partial charge is 0.337 e. The van der Waals surface area contributed by atoms with Gasteiger partial charge in [0.1, 0.15) is 0 Å². The van der Waals surface area contributed by atoms with Crippen molar-refractivity contribution in [2.75, 3.05) is 29.9 Å². The number of benzene rings is 1. The van der Waals surface area contributed by atoms with Gasteiger partial charge in [-0.2, -0.15) is 0 Å². The minimum absolute atomic E-state index is 0.146. The molecule has 0 aliphatic carbocycles. The molecule has 0 amide bonds. The summed E-state index contributed by atoms with van der Waals surface area (Å²) in [6.07, 6.45) is 2.17. The number of aliphatic hydroxyl groups is 1. The SMILES string of the molecule is CC1CCN(c2nc3ccccc3nc2NCC(C)(O)C(=O)O)CC1. The molecule has 2 aromatic rings. The summed E-state index contributed by atoms with van der Waals surface area (Å²) in [7, 11) is 0. The first-order valence-corrected chi connectivity index (χ1v) is 8.58. The van der Waals surface area contributed by atoms with Gasteiger partial charge in [0.05, 0.1) is 17.6 Å². The number of carboxylic acid groups (broad SMARTS) is 1. The fraction of sp³-hybridized carbons (Fsp3) is 0.500. The standard InChI is InChI=1S/C18H24N4O3/c1-12-7-9-22(10-8-12)16-15(19-11-18(2,25)17(23)24)20-13-5-3-4-6-14(13)21-16/h3-6,12,25H,7-11H2,1-2H3,(H,19,20)(H,23,24). The molecule has 2 heterocycles. The molecular formula is C18H24N4O3. The van der Waals surface area contributed by atoms with E-state index in [1.807, 2.05) is 24.3 Å². The van der Waals surface area contributed by atoms with Crippen molar-refractivity contribution in [2.24, 2.45) is 5.92 Å². The number of nitrogens with one attached hydrogen (secondary N) is 1. The summed E-state index contributed by atoms with van der Waals surface area (Å²) in [4.78, 5) is 22.7. The zero-order chi connectivity index (χ0) is 18.0. The van der Waals surface area contributed by atoms with Crippen LogP contribution in [-0.4, -0.2) is 51.4 Å². The number of piperidine rings is 1. The summed E-state index contributed by atoms with van der Waals surface area (Å²) in [6, 6.07) is 7.58. The normalized spacial score (nSPS) is 18.1. The lowest BCUT2D eigenvalue weighted by molar-refractivity contribution is -0.155. The molecule has 1 aliphatic heterocycles. The molecular weight excluding hydrogens is 320 g/mol. The van der Waals surface area contributed by atoms with E-state index >= 15 is 0 Å². The van der Waals surface area contributed by atoms with E-state index in [1.54, 1.807) is 0 Å². The highest BCUT2D eigenvalue weighted by atomic mass is 16.4. The lowest BCUT2D eigenvalue weighted by Crippen LogP contribution is -2.42. The van der Waals surface area contributed by atoms with E-state index in [0.29, 0.717) is 17.6 Å². The van der Waals surface area contributed by atoms with Crippen molar-refractivity contribution < 1.29 is 15.0 Å². The van der Waals surface area contributed by atoms with E-state index in [1.165, 1.54) is 6.92 Å². The molecule has 134 valence electrons. The van der Waals surface area contributed by atoms with Crippen LogP contribution in [0.25, 0.3) is 11.0 Å². The fourth-order valence-corrected chi connectivity index (χ4v) is 2.88. The summed E-state index contributed by atoms with van der Waals surface area (Å²) < 4.78 is 0. The largest absolute Gasteiger partial charge is 0.479 e. The Morgan fingerprint density at radius 1 is 1.28 bits per heavy atom. The number of hydrogen-bond donors (Lipinski definition) is 3. The predicted molar refractivity (Wildman–Crippen MR) is 96.9 cm³/mol. The minimum atomic E-state index is -1.87. The number of para-hydroxylation sites is 2. The molecule has 1 aromatic heterocycles. The number of hydrogen-bond acceptors (Lipinski definition) is 6. The fourth-order valence-electron chi connectivity index (χ4n) is 2.88. The van der Waals surface area contributed by atoms with Gasteiger partial charge >= 0.3 is 5.97 Å². The minimum Gasteiger partial charge on any atom is -0.479 e. The molecule has 0 bridgehead atoms. The highest BCUT2D eigenvalue weighted by Crippen LogP contribution is 2.29. The van der Waals surface area contributed by atoms with E-state index in [-0.39, 0.29) is 6.54 Å². The van der Waals surface area contributed by atoms with Crippen LogP contribution < -0.4 is 10.2 Å². The Bertz CT molecular complexity index is 770. The van der Waals surface area contributed by atoms with Gasteiger partial charge < -0.3 is 20.4 Å². The van der Waals surface area contributed by atoms with Crippen LogP contribution in [0.4, 0.5) is 11.6 Å². The number of fused-ring (bicyclic) bond motifs is 1. The number of aliphatic carboxylic acids is 1. The van der Waals surface area contributed by atoms with E-state index in [4.69, 9.17) is 10.1 Å². The van der Waals surface area contributed by atoms with Crippen molar-refractivity contribution in [1.82, 2.24) is 9.97 Å². The van der Waals surface area contributed by atoms with E-state index in [0.717, 1.165) is 37.0 Å². The van der Waals surface area contributed by atoms with Crippen LogP contribution in [0.1, 0.15) is 26.7 Å². The van der Waals surface area contributed by atoms with Crippen LogP contribution in [0.5, 0.6) is 0 Å². The van der Waals surface area contributed by atoms with E-state index in [2.05, 4.69) is 22.1 Å². The van der Waals surface area contributed by atoms with Gasteiger partial charge in [-0.05, 0) is 37.8 Å². The van der Waals surface area contributed by atoms with Crippen molar-refractivity contribution in [3.63, 3.8) is 0 Å². The van der Waals surface area contributed by atoms with Crippen molar-refractivity contribution in [2.45, 2.75) is 32.3 Å². The van der Waals surface area contributed by atoms with Crippen LogP contribution >= 0.6 is 0 Å². The topological polar surface area (TPSA) is 98.6 Å². The van der Waals surface area contributed by atoms with Gasteiger partial charge in [0.25, 0.3) is 0 Å². The van der Waals surface area contributed by atoms with Crippen molar-refractivity contribution in [3.8, 4) is 0 Å². The molecule has 0 spiro atoms. The highest BCUT2D eigenvalue weighted by Gasteiger charge is 2.30. The van der Waals surface area contributed by atoms with E-state index < -0.39 is 11.6 Å². The zero-order valence-electron chi connectivity index (χ0n) is 14.6. The molecule has 25 heavy (non-hydrogen) atoms. The lowest BCUT2D eigenvalue weighted by Gasteiger charge is -2.32. The summed E-state index contributed by atoms with van der Waals surface area (Å²) >= 11 is 0. The average molecular weight is 344 g/mol. The number of carbonyl (C=O) groups is 1. The van der Waals surface area contributed by atoms with Crippen LogP contribution in [0.3, 0.4) is 0 Å². The molecule has 1 unspecified atom stereocenters. The molecule has 1 saturated heterocycles. The first-order valence-electron chi connectivity index (χ1n) is 8.58. The molecule has 0 radical (unpaired) electrons. The Labute approximate surface area is 146 Å². The van der Waals surface area contributed by atoms with Gasteiger partial charge in [-0.25, -0.2) is 14.8 Å². The first-order chi connectivity index (χ1) is 11.9. The first kappa shape index (κ1) is 17.4. The molecule has 1 atom stereocenters. The highest BCUT2D eigenvalue weighted by molar-refractivity contribution is 5.81. The Balaban J connectivity index is 1.93. The van der Waals surface area contributed by atoms with Gasteiger partial charge in [-0.1, -0.05) is 19.1 Å². The van der Waals surface area contributed by atoms with Gasteiger partial charge in [-0.3, -0.25) is 0 Å². The second kappa shape index (κ2) is 6.84. The van der Waals surface area contributed by atoms with Gasteiger partial charge in [0, 0.05) is 13.1 Å². The Hall–Kier alpha value is -2.41. The van der Waals surface area contributed by atoms with Crippen LogP contribution in [-0.2, 0) is 4.79 Å². The molecule has 7 nitrogen and oxygen atoms in total. The van der Waals surface area contributed by atoms with E-state index in [9.17, 15) is 9.90 Å². The third-order valence-electron chi connectivity index (χ3n) is 4.70. The lowest BCUT2D eigenvalue weighted by atomic mass is 9.99. The number of carboxylic acids is 1. The maximum absolute atomic E-state index is 11.1. The van der Waals surface area contributed by atoms with Crippen molar-refractivity contribution in [1.29, 1.82) is 0 Å². The summed E-state index contributed by atoms with van der Waals surface area (Å²) in [5.41, 5.74) is -0.346. The molecule has 3 N–H and O–H groups in total.